The van der Waals surface area contributed by atoms with Crippen LogP contribution in [0.3, 0.4) is 0 Å². The zero-order chi connectivity index (χ0) is 28.6. The lowest BCUT2D eigenvalue weighted by Crippen LogP contribution is -2.58. The third-order valence-electron chi connectivity index (χ3n) is 8.23. The van der Waals surface area contributed by atoms with Crippen molar-refractivity contribution in [1.29, 1.82) is 0 Å². The fraction of sp³-hybridized carbons (Fsp3) is 0.273. The molecule has 0 aromatic heterocycles. The van der Waals surface area contributed by atoms with E-state index >= 15 is 0 Å². The van der Waals surface area contributed by atoms with Gasteiger partial charge in [0.2, 0.25) is 0 Å². The number of hydrogen-bond donors (Lipinski definition) is 0. The number of benzene rings is 3. The fourth-order valence-corrected chi connectivity index (χ4v) is 6.78. The number of hydrogen-bond acceptors (Lipinski definition) is 7. The number of nitrogens with zero attached hydrogens (tertiary/aromatic N) is 1. The van der Waals surface area contributed by atoms with E-state index in [0.717, 1.165) is 10.9 Å². The SMILES string of the molecule is COC(=O)C1=C(C(=O)OC)C2(C(=O)c3cccc4cccc2c34)N(c2cccc(C)c2)C2=C1C(=O)CC(C)(C)C2. The van der Waals surface area contributed by atoms with Crippen LogP contribution in [0.4, 0.5) is 5.69 Å². The molecule has 7 nitrogen and oxygen atoms in total. The summed E-state index contributed by atoms with van der Waals surface area (Å²) in [5.41, 5.74) is 0.479. The normalized spacial score (nSPS) is 21.3. The van der Waals surface area contributed by atoms with Crippen LogP contribution >= 0.6 is 0 Å². The fourth-order valence-electron chi connectivity index (χ4n) is 6.78. The van der Waals surface area contributed by atoms with Gasteiger partial charge < -0.3 is 14.4 Å². The molecule has 1 spiro atoms. The number of ketones is 2. The average Bonchev–Trinajstić information content (AvgIpc) is 3.16. The highest BCUT2D eigenvalue weighted by atomic mass is 16.5. The summed E-state index contributed by atoms with van der Waals surface area (Å²) in [7, 11) is 2.41. The molecular weight excluding hydrogens is 506 g/mol. The van der Waals surface area contributed by atoms with Crippen molar-refractivity contribution in [3.05, 3.63) is 99.8 Å². The third kappa shape index (κ3) is 3.30. The van der Waals surface area contributed by atoms with Gasteiger partial charge in [-0.2, -0.15) is 0 Å². The van der Waals surface area contributed by atoms with E-state index in [9.17, 15) is 19.2 Å². The second-order valence-electron chi connectivity index (χ2n) is 11.4. The first kappa shape index (κ1) is 25.7. The van der Waals surface area contributed by atoms with Gasteiger partial charge in [0.15, 0.2) is 17.1 Å². The van der Waals surface area contributed by atoms with Gasteiger partial charge >= 0.3 is 11.9 Å². The van der Waals surface area contributed by atoms with Gasteiger partial charge in [0.25, 0.3) is 0 Å². The van der Waals surface area contributed by atoms with Crippen LogP contribution in [0.1, 0.15) is 48.2 Å². The molecular formula is C33H29NO6. The van der Waals surface area contributed by atoms with Crippen LogP contribution in [0.15, 0.2) is 83.1 Å². The Hall–Kier alpha value is -4.52. The minimum atomic E-state index is -1.81. The largest absolute Gasteiger partial charge is 0.466 e. The molecule has 0 N–H and O–H groups in total. The van der Waals surface area contributed by atoms with Gasteiger partial charge in [0.05, 0.1) is 30.9 Å². The Labute approximate surface area is 232 Å². The van der Waals surface area contributed by atoms with E-state index < -0.39 is 22.9 Å². The maximum absolute atomic E-state index is 15.0. The minimum Gasteiger partial charge on any atom is -0.466 e. The molecule has 0 saturated carbocycles. The maximum Gasteiger partial charge on any atom is 0.339 e. The zero-order valence-corrected chi connectivity index (χ0v) is 23.1. The van der Waals surface area contributed by atoms with Crippen molar-refractivity contribution in [2.75, 3.05) is 19.1 Å². The lowest BCUT2D eigenvalue weighted by atomic mass is 9.66. The molecule has 40 heavy (non-hydrogen) atoms. The lowest BCUT2D eigenvalue weighted by Gasteiger charge is -2.51. The summed E-state index contributed by atoms with van der Waals surface area (Å²) in [5.74, 6) is -2.40. The number of methoxy groups -OCH3 is 2. The van der Waals surface area contributed by atoms with E-state index in [1.807, 2.05) is 74.2 Å². The molecule has 0 fully saturated rings. The quantitative estimate of drug-likeness (QED) is 0.418. The molecule has 3 aliphatic rings. The maximum atomic E-state index is 15.0. The summed E-state index contributed by atoms with van der Waals surface area (Å²) in [4.78, 5) is 58.3. The van der Waals surface area contributed by atoms with E-state index in [1.54, 1.807) is 12.1 Å². The Kier molecular flexibility index (Phi) is 5.63. The molecule has 0 saturated heterocycles. The van der Waals surface area contributed by atoms with E-state index in [4.69, 9.17) is 9.47 Å². The number of ether oxygens (including phenoxy) is 2. The molecule has 0 radical (unpaired) electrons. The van der Waals surface area contributed by atoms with E-state index in [1.165, 1.54) is 14.2 Å². The van der Waals surface area contributed by atoms with E-state index in [-0.39, 0.29) is 34.7 Å². The number of fused-ring (bicyclic) bond motifs is 1. The van der Waals surface area contributed by atoms with Crippen molar-refractivity contribution in [3.8, 4) is 0 Å². The summed E-state index contributed by atoms with van der Waals surface area (Å²) >= 11 is 0. The topological polar surface area (TPSA) is 90.0 Å². The summed E-state index contributed by atoms with van der Waals surface area (Å²) in [6.45, 7) is 5.91. The van der Waals surface area contributed by atoms with Crippen LogP contribution in [0, 0.1) is 12.3 Å². The van der Waals surface area contributed by atoms with Crippen LogP contribution in [0.5, 0.6) is 0 Å². The molecule has 3 aromatic rings. The highest BCUT2D eigenvalue weighted by Gasteiger charge is 2.63. The Morgan fingerprint density at radius 1 is 0.875 bits per heavy atom. The number of rotatable bonds is 3. The molecule has 6 rings (SSSR count). The van der Waals surface area contributed by atoms with Gasteiger partial charge in [-0.25, -0.2) is 9.59 Å². The highest BCUT2D eigenvalue weighted by Crippen LogP contribution is 2.58. The average molecular weight is 536 g/mol. The molecule has 1 unspecified atom stereocenters. The zero-order valence-electron chi connectivity index (χ0n) is 23.1. The Morgan fingerprint density at radius 3 is 2.23 bits per heavy atom. The van der Waals surface area contributed by atoms with Crippen molar-refractivity contribution in [2.24, 2.45) is 5.41 Å². The van der Waals surface area contributed by atoms with Gasteiger partial charge in [-0.1, -0.05) is 62.4 Å². The standard InChI is InChI=1S/C33H29NO6/c1-18-9-6-12-20(15-18)34-23-16-32(2,3)17-24(35)26(23)27(30(37)39-4)28(31(38)40-5)33(34)22-14-8-11-19-10-7-13-21(25(19)22)29(33)36/h6-15H,16-17H2,1-5H3. The van der Waals surface area contributed by atoms with Gasteiger partial charge in [-0.3, -0.25) is 9.59 Å². The molecule has 1 atom stereocenters. The molecule has 2 aliphatic carbocycles. The van der Waals surface area contributed by atoms with Gasteiger partial charge in [-0.05, 0) is 52.8 Å². The van der Waals surface area contributed by atoms with Crippen LogP contribution in [-0.2, 0) is 29.4 Å². The molecule has 1 aliphatic heterocycles. The second kappa shape index (κ2) is 8.74. The number of esters is 2. The molecule has 3 aromatic carbocycles. The summed E-state index contributed by atoms with van der Waals surface area (Å²) < 4.78 is 10.5. The first-order chi connectivity index (χ1) is 19.1. The van der Waals surface area contributed by atoms with Gasteiger partial charge in [-0.15, -0.1) is 0 Å². The first-order valence-corrected chi connectivity index (χ1v) is 13.2. The number of carbonyl (C=O) groups is 4. The van der Waals surface area contributed by atoms with Crippen molar-refractivity contribution in [3.63, 3.8) is 0 Å². The van der Waals surface area contributed by atoms with Crippen molar-refractivity contribution in [2.45, 2.75) is 39.2 Å². The lowest BCUT2D eigenvalue weighted by molar-refractivity contribution is -0.140. The smallest absolute Gasteiger partial charge is 0.339 e. The Morgan fingerprint density at radius 2 is 1.55 bits per heavy atom. The van der Waals surface area contributed by atoms with Gasteiger partial charge in [0, 0.05) is 23.4 Å². The Bertz CT molecular complexity index is 1740. The number of Topliss-reactive ketones (excluding diaryl/α,β-unsaturated/α-hetero) is 2. The number of anilines is 1. The summed E-state index contributed by atoms with van der Waals surface area (Å²) in [5, 5.41) is 1.52. The third-order valence-corrected chi connectivity index (χ3v) is 8.23. The van der Waals surface area contributed by atoms with Crippen molar-refractivity contribution in [1.82, 2.24) is 0 Å². The molecule has 1 heterocycles. The Balaban J connectivity index is 1.87. The number of allylic oxidation sites excluding steroid dienone is 1. The molecule has 202 valence electrons. The van der Waals surface area contributed by atoms with Crippen LogP contribution in [-0.4, -0.2) is 37.7 Å². The molecule has 0 amide bonds. The predicted octanol–water partition coefficient (Wildman–Crippen LogP) is 5.35. The molecule has 7 heteroatoms. The van der Waals surface area contributed by atoms with Crippen molar-refractivity contribution < 1.29 is 28.7 Å². The van der Waals surface area contributed by atoms with Crippen LogP contribution < -0.4 is 4.90 Å². The predicted molar refractivity (Wildman–Crippen MR) is 150 cm³/mol. The summed E-state index contributed by atoms with van der Waals surface area (Å²) in [6.07, 6.45) is 0.553. The number of carbonyl (C=O) groups excluding carboxylic acids is 4. The molecule has 0 bridgehead atoms. The van der Waals surface area contributed by atoms with E-state index in [0.29, 0.717) is 34.3 Å². The monoisotopic (exact) mass is 535 g/mol. The highest BCUT2D eigenvalue weighted by molar-refractivity contribution is 6.29. The van der Waals surface area contributed by atoms with Gasteiger partial charge in [0.1, 0.15) is 0 Å². The second-order valence-corrected chi connectivity index (χ2v) is 11.4. The van der Waals surface area contributed by atoms with E-state index in [2.05, 4.69) is 0 Å². The van der Waals surface area contributed by atoms with Crippen molar-refractivity contribution >= 4 is 40.0 Å². The first-order valence-electron chi connectivity index (χ1n) is 13.2. The number of aryl methyl sites for hydroxylation is 1. The summed E-state index contributed by atoms with van der Waals surface area (Å²) in [6, 6.07) is 18.6. The minimum absolute atomic E-state index is 0.106. The van der Waals surface area contributed by atoms with Crippen LogP contribution in [0.25, 0.3) is 10.8 Å². The van der Waals surface area contributed by atoms with Crippen LogP contribution in [0.2, 0.25) is 0 Å².